The summed E-state index contributed by atoms with van der Waals surface area (Å²) < 4.78 is 58.3. The van der Waals surface area contributed by atoms with Gasteiger partial charge in [-0.25, -0.2) is 4.39 Å². The Morgan fingerprint density at radius 2 is 1.57 bits per heavy atom. The Bertz CT molecular complexity index is 1430. The van der Waals surface area contributed by atoms with Crippen molar-refractivity contribution < 1.29 is 31.9 Å². The fourth-order valence-corrected chi connectivity index (χ4v) is 8.19. The van der Waals surface area contributed by atoms with Crippen LogP contribution in [0.3, 0.4) is 0 Å². The summed E-state index contributed by atoms with van der Waals surface area (Å²) in [7, 11) is 0. The number of nitrogens with zero attached hydrogens (tertiary/aromatic N) is 3. The zero-order valence-corrected chi connectivity index (χ0v) is 28.7. The number of carbonyl (C=O) groups is 3. The zero-order chi connectivity index (χ0) is 35.3. The maximum atomic E-state index is 15.7. The fraction of sp³-hybridized carbons (Fsp3) is 0.667. The van der Waals surface area contributed by atoms with E-state index in [4.69, 9.17) is 0 Å². The van der Waals surface area contributed by atoms with Crippen LogP contribution in [0, 0.1) is 23.6 Å². The molecule has 3 atom stereocenters. The number of carbonyl (C=O) groups excluding carboxylic acids is 3. The van der Waals surface area contributed by atoms with Gasteiger partial charge in [0.15, 0.2) is 0 Å². The van der Waals surface area contributed by atoms with E-state index in [-0.39, 0.29) is 48.1 Å². The van der Waals surface area contributed by atoms with Gasteiger partial charge in [-0.1, -0.05) is 70.3 Å². The van der Waals surface area contributed by atoms with Gasteiger partial charge in [-0.3, -0.25) is 19.1 Å². The van der Waals surface area contributed by atoms with Crippen molar-refractivity contribution in [2.24, 2.45) is 17.8 Å². The van der Waals surface area contributed by atoms with Crippen LogP contribution in [0.2, 0.25) is 0 Å². The highest BCUT2D eigenvalue weighted by Gasteiger charge is 2.47. The Morgan fingerprint density at radius 1 is 0.939 bits per heavy atom. The molecule has 3 N–H and O–H groups in total. The van der Waals surface area contributed by atoms with Crippen LogP contribution in [0.25, 0.3) is 0 Å². The quantitative estimate of drug-likeness (QED) is 0.244. The van der Waals surface area contributed by atoms with Gasteiger partial charge in [-0.05, 0) is 62.3 Å². The normalized spacial score (nSPS) is 21.1. The van der Waals surface area contributed by atoms with E-state index in [1.807, 2.05) is 13.8 Å². The summed E-state index contributed by atoms with van der Waals surface area (Å²) in [5.74, 6) is -3.22. The van der Waals surface area contributed by atoms with E-state index in [9.17, 15) is 27.6 Å². The van der Waals surface area contributed by atoms with Crippen LogP contribution >= 0.6 is 0 Å². The van der Waals surface area contributed by atoms with E-state index < -0.39 is 54.3 Å². The van der Waals surface area contributed by atoms with Crippen LogP contribution in [0.5, 0.6) is 0 Å². The van der Waals surface area contributed by atoms with E-state index in [0.717, 1.165) is 75.2 Å². The largest absolute Gasteiger partial charge is 0.410 e. The highest BCUT2D eigenvalue weighted by molar-refractivity contribution is 6.01. The molecule has 5 rings (SSSR count). The number of anilines is 1. The van der Waals surface area contributed by atoms with Crippen molar-refractivity contribution >= 4 is 23.4 Å². The van der Waals surface area contributed by atoms with Crippen molar-refractivity contribution in [1.82, 2.24) is 25.3 Å². The number of alkyl halides is 3. The Kier molecular flexibility index (Phi) is 12.0. The molecule has 2 aromatic rings. The Labute approximate surface area is 285 Å². The molecule has 1 aromatic heterocycles. The average molecular weight is 691 g/mol. The molecule has 1 aromatic carbocycles. The number of piperazine rings is 1. The molecule has 9 nitrogen and oxygen atoms in total. The van der Waals surface area contributed by atoms with Crippen LogP contribution < -0.4 is 16.0 Å². The van der Waals surface area contributed by atoms with Crippen molar-refractivity contribution in [1.29, 1.82) is 0 Å². The second-order valence-electron chi connectivity index (χ2n) is 14.3. The van der Waals surface area contributed by atoms with Crippen LogP contribution in [0.4, 0.5) is 23.2 Å². The molecule has 13 heteroatoms. The van der Waals surface area contributed by atoms with Crippen molar-refractivity contribution in [3.05, 3.63) is 47.5 Å². The SMILES string of the molecule is CC(C)n1nccc1C(=O)N[C@H](C(=O)Nc1ccc([C@H](C)C(=O)N2CCNCC2C(F)(F)F)cc1F)C(C1CCCCC1)C1CCCCC1. The minimum absolute atomic E-state index is 0.0803. The van der Waals surface area contributed by atoms with E-state index >= 15 is 4.39 Å². The third-order valence-electron chi connectivity index (χ3n) is 10.8. The first-order chi connectivity index (χ1) is 23.4. The van der Waals surface area contributed by atoms with Gasteiger partial charge in [0.25, 0.3) is 5.91 Å². The zero-order valence-electron chi connectivity index (χ0n) is 28.7. The fourth-order valence-electron chi connectivity index (χ4n) is 8.19. The molecule has 49 heavy (non-hydrogen) atoms. The number of benzene rings is 1. The van der Waals surface area contributed by atoms with Crippen LogP contribution in [0.15, 0.2) is 30.5 Å². The monoisotopic (exact) mass is 690 g/mol. The summed E-state index contributed by atoms with van der Waals surface area (Å²) in [5.41, 5.74) is 0.417. The minimum Gasteiger partial charge on any atom is -0.339 e. The van der Waals surface area contributed by atoms with Gasteiger partial charge < -0.3 is 20.9 Å². The predicted molar refractivity (Wildman–Crippen MR) is 178 cm³/mol. The second-order valence-corrected chi connectivity index (χ2v) is 14.3. The number of nitrogens with one attached hydrogen (secondary N) is 3. The Balaban J connectivity index is 1.40. The first-order valence-corrected chi connectivity index (χ1v) is 17.9. The molecule has 2 heterocycles. The van der Waals surface area contributed by atoms with Crippen molar-refractivity contribution in [2.75, 3.05) is 25.0 Å². The van der Waals surface area contributed by atoms with Gasteiger partial charge >= 0.3 is 6.18 Å². The summed E-state index contributed by atoms with van der Waals surface area (Å²) in [6, 6.07) is 2.54. The van der Waals surface area contributed by atoms with Crippen molar-refractivity contribution in [3.63, 3.8) is 0 Å². The van der Waals surface area contributed by atoms with Crippen molar-refractivity contribution in [3.8, 4) is 0 Å². The molecule has 3 amide bonds. The Morgan fingerprint density at radius 3 is 2.14 bits per heavy atom. The molecule has 1 saturated heterocycles. The second kappa shape index (κ2) is 16.0. The third kappa shape index (κ3) is 8.64. The lowest BCUT2D eigenvalue weighted by Crippen LogP contribution is -2.60. The smallest absolute Gasteiger partial charge is 0.339 e. The minimum atomic E-state index is -4.60. The average Bonchev–Trinajstić information content (AvgIpc) is 3.60. The first kappa shape index (κ1) is 36.8. The number of hydrogen-bond acceptors (Lipinski definition) is 5. The van der Waals surface area contributed by atoms with Crippen LogP contribution in [0.1, 0.15) is 113 Å². The Hall–Kier alpha value is -3.48. The van der Waals surface area contributed by atoms with Crippen molar-refractivity contribution in [2.45, 2.75) is 115 Å². The van der Waals surface area contributed by atoms with Gasteiger partial charge in [0, 0.05) is 31.9 Å². The highest BCUT2D eigenvalue weighted by atomic mass is 19.4. The maximum Gasteiger partial charge on any atom is 0.410 e. The van der Waals surface area contributed by atoms with Gasteiger partial charge in [-0.2, -0.15) is 18.3 Å². The maximum absolute atomic E-state index is 15.7. The van der Waals surface area contributed by atoms with Crippen LogP contribution in [-0.2, 0) is 9.59 Å². The van der Waals surface area contributed by atoms with E-state index in [1.54, 1.807) is 16.9 Å². The molecule has 3 fully saturated rings. The molecule has 3 aliphatic rings. The van der Waals surface area contributed by atoms with E-state index in [2.05, 4.69) is 21.0 Å². The number of hydrogen-bond donors (Lipinski definition) is 3. The molecule has 2 aliphatic carbocycles. The van der Waals surface area contributed by atoms with Gasteiger partial charge in [0.05, 0.1) is 11.6 Å². The topological polar surface area (TPSA) is 108 Å². The molecule has 270 valence electrons. The van der Waals surface area contributed by atoms with Gasteiger partial charge in [0.2, 0.25) is 11.8 Å². The molecule has 2 saturated carbocycles. The molecule has 0 radical (unpaired) electrons. The van der Waals surface area contributed by atoms with Gasteiger partial charge in [0.1, 0.15) is 23.6 Å². The number of rotatable bonds is 10. The molecule has 0 spiro atoms. The predicted octanol–water partition coefficient (Wildman–Crippen LogP) is 6.58. The third-order valence-corrected chi connectivity index (χ3v) is 10.8. The summed E-state index contributed by atoms with van der Waals surface area (Å²) in [4.78, 5) is 42.1. The standard InChI is InChI=1S/C36H50F4N6O3/c1-22(2)46-29(16-17-42-46)33(47)44-32(31(24-10-6-4-7-11-24)25-12-8-5-9-13-25)34(48)43-28-15-14-26(20-27(28)37)23(3)35(49)45-19-18-41-21-30(45)36(38,39)40/h14-17,20,22-25,30-32,41H,4-13,18-19,21H2,1-3H3,(H,43,48)(H,44,47)/t23-,30?,32-/m0/s1. The summed E-state index contributed by atoms with van der Waals surface area (Å²) >= 11 is 0. The van der Waals surface area contributed by atoms with E-state index in [1.165, 1.54) is 19.1 Å². The number of amides is 3. The summed E-state index contributed by atoms with van der Waals surface area (Å²) in [6.07, 6.45) is 7.29. The van der Waals surface area contributed by atoms with Gasteiger partial charge in [-0.15, -0.1) is 0 Å². The molecule has 0 bridgehead atoms. The lowest BCUT2D eigenvalue weighted by atomic mass is 9.66. The molecular weight excluding hydrogens is 640 g/mol. The van der Waals surface area contributed by atoms with E-state index in [0.29, 0.717) is 5.69 Å². The highest BCUT2D eigenvalue weighted by Crippen LogP contribution is 2.42. The molecular formula is C36H50F4N6O3. The summed E-state index contributed by atoms with van der Waals surface area (Å²) in [5, 5.41) is 12.8. The lowest BCUT2D eigenvalue weighted by Gasteiger charge is -2.42. The lowest BCUT2D eigenvalue weighted by molar-refractivity contribution is -0.193. The summed E-state index contributed by atoms with van der Waals surface area (Å²) in [6.45, 7) is 5.00. The molecule has 1 unspecified atom stereocenters. The van der Waals surface area contributed by atoms with Crippen LogP contribution in [-0.4, -0.2) is 70.3 Å². The number of aromatic nitrogens is 2. The first-order valence-electron chi connectivity index (χ1n) is 17.9. The number of halogens is 4. The molecule has 1 aliphatic heterocycles.